The number of phenolic OH excluding ortho intramolecular Hbond substituents is 2. The largest absolute Gasteiger partial charge is 0.508 e. The number of fused-ring (bicyclic) bond motifs is 6. The lowest BCUT2D eigenvalue weighted by atomic mass is 9.77. The molecule has 1 spiro atoms. The van der Waals surface area contributed by atoms with Crippen LogP contribution in [0, 0.1) is 0 Å². The summed E-state index contributed by atoms with van der Waals surface area (Å²) in [5.74, 6) is -0.0184. The number of thiocarbonyl (C=S) groups is 1. The van der Waals surface area contributed by atoms with E-state index in [9.17, 15) is 25.2 Å². The Balaban J connectivity index is 1.60. The molecule has 6 N–H and O–H groups in total. The minimum atomic E-state index is -1.34. The first kappa shape index (κ1) is 22.0. The second kappa shape index (κ2) is 8.17. The number of carbonyl (C=O) groups is 1. The van der Waals surface area contributed by atoms with Crippen molar-refractivity contribution in [1.82, 2.24) is 5.32 Å². The molecule has 10 heteroatoms. The average molecular weight is 480 g/mol. The average Bonchev–Trinajstić information content (AvgIpc) is 3.09. The number of ether oxygens (including phenoxy) is 2. The van der Waals surface area contributed by atoms with Crippen LogP contribution in [0.3, 0.4) is 0 Å². The minimum Gasteiger partial charge on any atom is -0.508 e. The first-order valence-corrected chi connectivity index (χ1v) is 10.8. The zero-order valence-corrected chi connectivity index (χ0v) is 18.4. The van der Waals surface area contributed by atoms with Crippen LogP contribution in [0.15, 0.2) is 54.6 Å². The number of hydrogen-bond donors (Lipinski definition) is 6. The first-order valence-electron chi connectivity index (χ1n) is 10.4. The smallest absolute Gasteiger partial charge is 0.340 e. The predicted molar refractivity (Wildman–Crippen MR) is 125 cm³/mol. The first-order chi connectivity index (χ1) is 16.3. The van der Waals surface area contributed by atoms with Crippen molar-refractivity contribution in [3.8, 4) is 23.0 Å². The van der Waals surface area contributed by atoms with Gasteiger partial charge in [0.15, 0.2) is 10.7 Å². The number of anilines is 1. The molecular formula is C24H20N2O7S. The fourth-order valence-electron chi connectivity index (χ4n) is 4.28. The van der Waals surface area contributed by atoms with Crippen molar-refractivity contribution in [2.24, 2.45) is 0 Å². The van der Waals surface area contributed by atoms with Crippen molar-refractivity contribution in [2.45, 2.75) is 11.6 Å². The minimum absolute atomic E-state index is 0.0216. The molecule has 3 aromatic carbocycles. The van der Waals surface area contributed by atoms with E-state index >= 15 is 0 Å². The van der Waals surface area contributed by atoms with Crippen LogP contribution in [0.2, 0.25) is 0 Å². The topological polar surface area (TPSA) is 141 Å². The van der Waals surface area contributed by atoms with Gasteiger partial charge in [-0.05, 0) is 48.6 Å². The third-order valence-corrected chi connectivity index (χ3v) is 6.03. The molecule has 174 valence electrons. The number of aliphatic hydroxyl groups is 2. The van der Waals surface area contributed by atoms with Crippen LogP contribution >= 0.6 is 12.2 Å². The monoisotopic (exact) mass is 480 g/mol. The van der Waals surface area contributed by atoms with Gasteiger partial charge in [-0.15, -0.1) is 0 Å². The Bertz CT molecular complexity index is 1270. The number of nitrogens with one attached hydrogen (secondary N) is 2. The van der Waals surface area contributed by atoms with Crippen LogP contribution in [0.25, 0.3) is 0 Å². The maximum absolute atomic E-state index is 13.1. The summed E-state index contributed by atoms with van der Waals surface area (Å²) in [5.41, 5.74) is 1.09. The molecule has 5 rings (SSSR count). The second-order valence-corrected chi connectivity index (χ2v) is 8.36. The maximum atomic E-state index is 13.1. The van der Waals surface area contributed by atoms with Gasteiger partial charge < -0.3 is 40.5 Å². The number of benzene rings is 3. The molecule has 2 aliphatic heterocycles. The van der Waals surface area contributed by atoms with E-state index < -0.39 is 17.6 Å². The zero-order chi connectivity index (χ0) is 24.0. The van der Waals surface area contributed by atoms with Gasteiger partial charge in [-0.1, -0.05) is 6.07 Å². The van der Waals surface area contributed by atoms with Crippen LogP contribution in [0.1, 0.15) is 27.0 Å². The molecule has 0 atom stereocenters. The highest BCUT2D eigenvalue weighted by Gasteiger charge is 2.53. The summed E-state index contributed by atoms with van der Waals surface area (Å²) in [6.45, 7) is -0.604. The Labute approximate surface area is 199 Å². The van der Waals surface area contributed by atoms with Gasteiger partial charge in [-0.25, -0.2) is 4.79 Å². The maximum Gasteiger partial charge on any atom is 0.340 e. The molecule has 0 aliphatic carbocycles. The van der Waals surface area contributed by atoms with Crippen molar-refractivity contribution in [1.29, 1.82) is 0 Å². The predicted octanol–water partition coefficient (Wildman–Crippen LogP) is 2.31. The Morgan fingerprint density at radius 1 is 0.912 bits per heavy atom. The van der Waals surface area contributed by atoms with Crippen molar-refractivity contribution in [3.05, 3.63) is 76.9 Å². The van der Waals surface area contributed by atoms with E-state index in [1.54, 1.807) is 30.3 Å². The van der Waals surface area contributed by atoms with Gasteiger partial charge in [-0.2, -0.15) is 0 Å². The van der Waals surface area contributed by atoms with Gasteiger partial charge >= 0.3 is 5.97 Å². The van der Waals surface area contributed by atoms with Crippen molar-refractivity contribution in [3.63, 3.8) is 0 Å². The number of hydrogen-bond acceptors (Lipinski definition) is 8. The molecular weight excluding hydrogens is 460 g/mol. The van der Waals surface area contributed by atoms with Gasteiger partial charge in [0.25, 0.3) is 0 Å². The van der Waals surface area contributed by atoms with Gasteiger partial charge in [0.2, 0.25) is 0 Å². The van der Waals surface area contributed by atoms with Gasteiger partial charge in [0, 0.05) is 34.5 Å². The number of rotatable bonds is 4. The van der Waals surface area contributed by atoms with Crippen molar-refractivity contribution < 1.29 is 34.7 Å². The number of phenols is 2. The van der Waals surface area contributed by atoms with Gasteiger partial charge in [-0.3, -0.25) is 0 Å². The highest BCUT2D eigenvalue weighted by Crippen LogP contribution is 2.57. The van der Waals surface area contributed by atoms with E-state index in [-0.39, 0.29) is 29.8 Å². The van der Waals surface area contributed by atoms with Crippen LogP contribution in [0.5, 0.6) is 23.0 Å². The van der Waals surface area contributed by atoms with E-state index in [1.807, 2.05) is 0 Å². The Hall–Kier alpha value is -3.86. The molecule has 3 aromatic rings. The fourth-order valence-corrected chi connectivity index (χ4v) is 4.57. The summed E-state index contributed by atoms with van der Waals surface area (Å²) in [6.07, 6.45) is 0. The third kappa shape index (κ3) is 3.39. The lowest BCUT2D eigenvalue weighted by Gasteiger charge is -2.36. The summed E-state index contributed by atoms with van der Waals surface area (Å²) in [5, 5.41) is 44.3. The van der Waals surface area contributed by atoms with E-state index in [0.717, 1.165) is 0 Å². The normalized spacial score (nSPS) is 14.6. The number of esters is 1. The van der Waals surface area contributed by atoms with Gasteiger partial charge in [0.1, 0.15) is 23.0 Å². The lowest BCUT2D eigenvalue weighted by Crippen LogP contribution is -2.42. The standard InChI is InChI=1S/C24H20N2O7S/c27-10-13(11-28)26-23(34)25-12-1-4-17-16(7-12)22(31)33-24(17)18-5-2-14(29)8-20(18)32-21-9-15(30)3-6-19(21)24/h1-9,13,27-30H,10-11H2,(H2,25,26,34). The van der Waals surface area contributed by atoms with Crippen LogP contribution in [-0.4, -0.2) is 50.8 Å². The van der Waals surface area contributed by atoms with Gasteiger partial charge in [0.05, 0.1) is 24.8 Å². The molecule has 34 heavy (non-hydrogen) atoms. The quantitative estimate of drug-likeness (QED) is 0.243. The number of aromatic hydroxyl groups is 2. The fraction of sp³-hybridized carbons (Fsp3) is 0.167. The SMILES string of the molecule is O=C1OC2(c3ccc(O)cc3Oc3cc(O)ccc32)c2ccc(NC(=S)NC(CO)CO)cc21. The van der Waals surface area contributed by atoms with Crippen LogP contribution < -0.4 is 15.4 Å². The summed E-state index contributed by atoms with van der Waals surface area (Å²) in [6, 6.07) is 13.5. The Morgan fingerprint density at radius 2 is 1.50 bits per heavy atom. The molecule has 0 amide bonds. The highest BCUT2D eigenvalue weighted by molar-refractivity contribution is 7.80. The van der Waals surface area contributed by atoms with E-state index in [2.05, 4.69) is 10.6 Å². The van der Waals surface area contributed by atoms with E-state index in [0.29, 0.717) is 39.4 Å². The molecule has 2 aliphatic rings. The molecule has 2 heterocycles. The summed E-state index contributed by atoms with van der Waals surface area (Å²) < 4.78 is 11.9. The molecule has 0 aromatic heterocycles. The molecule has 0 bridgehead atoms. The van der Waals surface area contributed by atoms with Crippen LogP contribution in [0.4, 0.5) is 5.69 Å². The second-order valence-electron chi connectivity index (χ2n) is 7.95. The number of carbonyl (C=O) groups excluding carboxylic acids is 1. The third-order valence-electron chi connectivity index (χ3n) is 5.81. The van der Waals surface area contributed by atoms with Crippen molar-refractivity contribution in [2.75, 3.05) is 18.5 Å². The summed E-state index contributed by atoms with van der Waals surface area (Å²) >= 11 is 5.22. The van der Waals surface area contributed by atoms with E-state index in [1.165, 1.54) is 24.3 Å². The Kier molecular flexibility index (Phi) is 5.28. The number of aliphatic hydroxyl groups excluding tert-OH is 2. The summed E-state index contributed by atoms with van der Waals surface area (Å²) in [7, 11) is 0. The highest BCUT2D eigenvalue weighted by atomic mass is 32.1. The lowest BCUT2D eigenvalue weighted by molar-refractivity contribution is 0.0224. The molecule has 0 unspecified atom stereocenters. The summed E-state index contributed by atoms with van der Waals surface area (Å²) in [4.78, 5) is 13.1. The van der Waals surface area contributed by atoms with Crippen LogP contribution in [-0.2, 0) is 10.3 Å². The molecule has 0 fully saturated rings. The van der Waals surface area contributed by atoms with E-state index in [4.69, 9.17) is 21.7 Å². The molecule has 0 saturated heterocycles. The molecule has 0 saturated carbocycles. The Morgan fingerprint density at radius 3 is 2.09 bits per heavy atom. The zero-order valence-electron chi connectivity index (χ0n) is 17.6. The van der Waals surface area contributed by atoms with Crippen molar-refractivity contribution >= 4 is 29.0 Å². The molecule has 0 radical (unpaired) electrons. The molecule has 9 nitrogen and oxygen atoms in total.